The molecule has 19 heavy (non-hydrogen) atoms. The lowest BCUT2D eigenvalue weighted by Gasteiger charge is -2.13. The van der Waals surface area contributed by atoms with Crippen LogP contribution in [-0.2, 0) is 11.0 Å². The van der Waals surface area contributed by atoms with Crippen molar-refractivity contribution in [2.45, 2.75) is 12.8 Å². The molecule has 3 nitrogen and oxygen atoms in total. The van der Waals surface area contributed by atoms with E-state index >= 15 is 0 Å². The lowest BCUT2D eigenvalue weighted by atomic mass is 10.1. The molecule has 0 bridgehead atoms. The zero-order valence-electron chi connectivity index (χ0n) is 9.12. The Morgan fingerprint density at radius 3 is 2.42 bits per heavy atom. The molecule has 0 atom stereocenters. The SMILES string of the molecule is O=C(O)C=Cc1ccc(OC(F)F)c(C(F)(F)F)c1. The monoisotopic (exact) mass is 282 g/mol. The van der Waals surface area contributed by atoms with Crippen LogP contribution in [0.2, 0.25) is 0 Å². The van der Waals surface area contributed by atoms with Gasteiger partial charge >= 0.3 is 18.8 Å². The fraction of sp³-hybridized carbons (Fsp3) is 0.182. The summed E-state index contributed by atoms with van der Waals surface area (Å²) < 4.78 is 65.5. The summed E-state index contributed by atoms with van der Waals surface area (Å²) in [4.78, 5) is 10.2. The van der Waals surface area contributed by atoms with E-state index in [0.29, 0.717) is 18.2 Å². The van der Waals surface area contributed by atoms with Crippen molar-refractivity contribution in [1.29, 1.82) is 0 Å². The van der Waals surface area contributed by atoms with Gasteiger partial charge in [-0.2, -0.15) is 22.0 Å². The number of hydrogen-bond acceptors (Lipinski definition) is 2. The topological polar surface area (TPSA) is 46.5 Å². The molecule has 0 aromatic heterocycles. The minimum absolute atomic E-state index is 0.101. The molecular formula is C11H7F5O3. The highest BCUT2D eigenvalue weighted by atomic mass is 19.4. The number of carboxylic acid groups (broad SMARTS) is 1. The molecule has 0 aliphatic heterocycles. The Hall–Kier alpha value is -2.12. The van der Waals surface area contributed by atoms with Gasteiger partial charge in [-0.25, -0.2) is 4.79 Å². The predicted molar refractivity (Wildman–Crippen MR) is 54.7 cm³/mol. The van der Waals surface area contributed by atoms with Crippen LogP contribution in [0.25, 0.3) is 6.08 Å². The Balaban J connectivity index is 3.19. The Morgan fingerprint density at radius 1 is 1.32 bits per heavy atom. The highest BCUT2D eigenvalue weighted by Gasteiger charge is 2.35. The average molecular weight is 282 g/mol. The van der Waals surface area contributed by atoms with E-state index in [0.717, 1.165) is 12.1 Å². The summed E-state index contributed by atoms with van der Waals surface area (Å²) >= 11 is 0. The minimum atomic E-state index is -4.89. The first-order valence-electron chi connectivity index (χ1n) is 4.77. The summed E-state index contributed by atoms with van der Waals surface area (Å²) in [5.74, 6) is -2.36. The van der Waals surface area contributed by atoms with Crippen LogP contribution >= 0.6 is 0 Å². The van der Waals surface area contributed by atoms with Crippen molar-refractivity contribution in [1.82, 2.24) is 0 Å². The first-order valence-corrected chi connectivity index (χ1v) is 4.77. The minimum Gasteiger partial charge on any atom is -0.478 e. The molecule has 8 heteroatoms. The lowest BCUT2D eigenvalue weighted by Crippen LogP contribution is -2.11. The number of alkyl halides is 5. The molecule has 0 saturated heterocycles. The number of halogens is 5. The van der Waals surface area contributed by atoms with Gasteiger partial charge in [-0.3, -0.25) is 0 Å². The second kappa shape index (κ2) is 5.68. The van der Waals surface area contributed by atoms with Crippen molar-refractivity contribution < 1.29 is 36.6 Å². The predicted octanol–water partition coefficient (Wildman–Crippen LogP) is 3.40. The van der Waals surface area contributed by atoms with Gasteiger partial charge in [0.05, 0.1) is 5.56 Å². The van der Waals surface area contributed by atoms with Crippen molar-refractivity contribution in [2.24, 2.45) is 0 Å². The number of benzene rings is 1. The van der Waals surface area contributed by atoms with Gasteiger partial charge in [0.1, 0.15) is 5.75 Å². The number of aliphatic carboxylic acids is 1. The maximum absolute atomic E-state index is 12.6. The Bertz CT molecular complexity index is 494. The molecule has 0 saturated carbocycles. The summed E-state index contributed by atoms with van der Waals surface area (Å²) in [6, 6.07) is 2.26. The van der Waals surface area contributed by atoms with Gasteiger partial charge in [0.15, 0.2) is 0 Å². The van der Waals surface area contributed by atoms with Gasteiger partial charge in [0, 0.05) is 6.08 Å². The van der Waals surface area contributed by atoms with Crippen molar-refractivity contribution in [3.8, 4) is 5.75 Å². The molecule has 0 heterocycles. The summed E-state index contributed by atoms with van der Waals surface area (Å²) in [7, 11) is 0. The second-order valence-electron chi connectivity index (χ2n) is 3.30. The van der Waals surface area contributed by atoms with E-state index in [2.05, 4.69) is 4.74 Å². The zero-order chi connectivity index (χ0) is 14.6. The van der Waals surface area contributed by atoms with Crippen LogP contribution in [0.15, 0.2) is 24.3 Å². The van der Waals surface area contributed by atoms with E-state index in [1.807, 2.05) is 0 Å². The third-order valence-electron chi connectivity index (χ3n) is 1.94. The quantitative estimate of drug-likeness (QED) is 0.680. The van der Waals surface area contributed by atoms with Gasteiger partial charge in [-0.1, -0.05) is 6.07 Å². The number of hydrogen-bond donors (Lipinski definition) is 1. The summed E-state index contributed by atoms with van der Waals surface area (Å²) in [5, 5.41) is 8.34. The lowest BCUT2D eigenvalue weighted by molar-refractivity contribution is -0.142. The molecule has 0 amide bonds. The number of ether oxygens (including phenoxy) is 1. The Morgan fingerprint density at radius 2 is 1.95 bits per heavy atom. The van der Waals surface area contributed by atoms with Crippen LogP contribution in [0.4, 0.5) is 22.0 Å². The third kappa shape index (κ3) is 4.57. The molecule has 0 spiro atoms. The maximum atomic E-state index is 12.6. The van der Waals surface area contributed by atoms with Crippen LogP contribution in [-0.4, -0.2) is 17.7 Å². The van der Waals surface area contributed by atoms with Crippen LogP contribution in [0.5, 0.6) is 5.75 Å². The maximum Gasteiger partial charge on any atom is 0.419 e. The molecule has 0 fully saturated rings. The van der Waals surface area contributed by atoms with E-state index in [1.54, 1.807) is 0 Å². The first kappa shape index (κ1) is 14.9. The molecule has 0 aliphatic carbocycles. The van der Waals surface area contributed by atoms with E-state index in [-0.39, 0.29) is 5.56 Å². The Labute approximate surface area is 103 Å². The van der Waals surface area contributed by atoms with E-state index < -0.39 is 30.1 Å². The number of carbonyl (C=O) groups is 1. The largest absolute Gasteiger partial charge is 0.478 e. The zero-order valence-corrected chi connectivity index (χ0v) is 9.12. The van der Waals surface area contributed by atoms with Gasteiger partial charge in [0.25, 0.3) is 0 Å². The highest BCUT2D eigenvalue weighted by molar-refractivity contribution is 5.85. The van der Waals surface area contributed by atoms with Gasteiger partial charge < -0.3 is 9.84 Å². The molecule has 104 valence electrons. The van der Waals surface area contributed by atoms with Gasteiger partial charge in [-0.05, 0) is 23.8 Å². The van der Waals surface area contributed by atoms with E-state index in [1.165, 1.54) is 0 Å². The second-order valence-corrected chi connectivity index (χ2v) is 3.30. The molecular weight excluding hydrogens is 275 g/mol. The van der Waals surface area contributed by atoms with Crippen molar-refractivity contribution >= 4 is 12.0 Å². The van der Waals surface area contributed by atoms with Gasteiger partial charge in [-0.15, -0.1) is 0 Å². The van der Waals surface area contributed by atoms with Crippen LogP contribution < -0.4 is 4.74 Å². The standard InChI is InChI=1S/C11H7F5O3/c12-10(13)19-8-3-1-6(2-4-9(17)18)5-7(8)11(14,15)16/h1-5,10H,(H,17,18). The summed E-state index contributed by atoms with van der Waals surface area (Å²) in [5.41, 5.74) is -1.50. The molecule has 1 aromatic carbocycles. The summed E-state index contributed by atoms with van der Waals surface area (Å²) in [6.45, 7) is -3.39. The van der Waals surface area contributed by atoms with Crippen LogP contribution in [0, 0.1) is 0 Å². The normalized spacial score (nSPS) is 12.1. The van der Waals surface area contributed by atoms with Crippen LogP contribution in [0.1, 0.15) is 11.1 Å². The molecule has 0 aliphatic rings. The van der Waals surface area contributed by atoms with Gasteiger partial charge in [0.2, 0.25) is 0 Å². The fourth-order valence-corrected chi connectivity index (χ4v) is 1.24. The van der Waals surface area contributed by atoms with Crippen molar-refractivity contribution in [3.05, 3.63) is 35.4 Å². The third-order valence-corrected chi connectivity index (χ3v) is 1.94. The number of rotatable bonds is 4. The molecule has 0 radical (unpaired) electrons. The molecule has 0 unspecified atom stereocenters. The molecule has 1 aromatic rings. The smallest absolute Gasteiger partial charge is 0.419 e. The Kier molecular flexibility index (Phi) is 4.47. The molecule has 1 N–H and O–H groups in total. The fourth-order valence-electron chi connectivity index (χ4n) is 1.24. The van der Waals surface area contributed by atoms with E-state index in [9.17, 15) is 26.7 Å². The van der Waals surface area contributed by atoms with Crippen molar-refractivity contribution in [2.75, 3.05) is 0 Å². The average Bonchev–Trinajstić information content (AvgIpc) is 2.25. The van der Waals surface area contributed by atoms with Crippen molar-refractivity contribution in [3.63, 3.8) is 0 Å². The van der Waals surface area contributed by atoms with Crippen LogP contribution in [0.3, 0.4) is 0 Å². The first-order chi connectivity index (χ1) is 8.70. The number of carboxylic acids is 1. The van der Waals surface area contributed by atoms with E-state index in [4.69, 9.17) is 5.11 Å². The summed E-state index contributed by atoms with van der Waals surface area (Å²) in [6.07, 6.45) is -3.36. The highest BCUT2D eigenvalue weighted by Crippen LogP contribution is 2.37. The molecule has 1 rings (SSSR count).